The van der Waals surface area contributed by atoms with Crippen LogP contribution < -0.4 is 10.0 Å². The molecule has 0 fully saturated rings. The van der Waals surface area contributed by atoms with Gasteiger partial charge < -0.3 is 5.32 Å². The normalized spacial score (nSPS) is 11.3. The second kappa shape index (κ2) is 6.83. The smallest absolute Gasteiger partial charge is 0.251 e. The Bertz CT molecular complexity index is 540. The van der Waals surface area contributed by atoms with E-state index in [1.165, 1.54) is 6.07 Å². The molecule has 0 aliphatic rings. The summed E-state index contributed by atoms with van der Waals surface area (Å²) in [6, 6.07) is 3.02. The molecular weight excluding hydrogens is 290 g/mol. The first kappa shape index (κ1) is 15.9. The van der Waals surface area contributed by atoms with Gasteiger partial charge in [0.25, 0.3) is 5.91 Å². The second-order valence-corrected chi connectivity index (χ2v) is 6.21. The van der Waals surface area contributed by atoms with Gasteiger partial charge in [-0.1, -0.05) is 18.5 Å². The Hall–Kier alpha value is -1.18. The predicted molar refractivity (Wildman–Crippen MR) is 73.8 cm³/mol. The zero-order valence-electron chi connectivity index (χ0n) is 10.7. The van der Waals surface area contributed by atoms with Gasteiger partial charge >= 0.3 is 0 Å². The fraction of sp³-hybridized carbons (Fsp3) is 0.455. The molecule has 6 nitrogen and oxygen atoms in total. The van der Waals surface area contributed by atoms with Gasteiger partial charge in [-0.05, 0) is 19.1 Å². The topological polar surface area (TPSA) is 88.2 Å². The van der Waals surface area contributed by atoms with E-state index in [0.717, 1.165) is 0 Å². The minimum absolute atomic E-state index is 0.0349. The molecule has 1 aromatic heterocycles. The van der Waals surface area contributed by atoms with Gasteiger partial charge in [-0.2, -0.15) is 0 Å². The number of nitrogens with one attached hydrogen (secondary N) is 2. The number of halogens is 1. The first-order chi connectivity index (χ1) is 8.84. The molecule has 1 rings (SSSR count). The summed E-state index contributed by atoms with van der Waals surface area (Å²) in [5.41, 5.74) is 0.983. The molecule has 1 aromatic rings. The molecular formula is C11H16ClN3O3S. The number of aryl methyl sites for hydroxylation is 1. The molecule has 0 aliphatic heterocycles. The molecule has 0 aliphatic carbocycles. The van der Waals surface area contributed by atoms with E-state index >= 15 is 0 Å². The van der Waals surface area contributed by atoms with E-state index in [9.17, 15) is 13.2 Å². The molecule has 8 heteroatoms. The maximum Gasteiger partial charge on any atom is 0.251 e. The minimum Gasteiger partial charge on any atom is -0.351 e. The summed E-state index contributed by atoms with van der Waals surface area (Å²) in [5.74, 6) is -0.538. The summed E-state index contributed by atoms with van der Waals surface area (Å²) in [5, 5.41) is 2.75. The lowest BCUT2D eigenvalue weighted by Crippen LogP contribution is -2.34. The quantitative estimate of drug-likeness (QED) is 0.758. The van der Waals surface area contributed by atoms with Gasteiger partial charge in [-0.15, -0.1) is 0 Å². The first-order valence-electron chi connectivity index (χ1n) is 5.74. The van der Waals surface area contributed by atoms with Gasteiger partial charge in [0.2, 0.25) is 10.0 Å². The lowest BCUT2D eigenvalue weighted by atomic mass is 10.2. The van der Waals surface area contributed by atoms with Gasteiger partial charge in [0, 0.05) is 24.3 Å². The summed E-state index contributed by atoms with van der Waals surface area (Å²) < 4.78 is 25.1. The predicted octanol–water partition coefficient (Wildman–Crippen LogP) is 0.713. The molecule has 0 radical (unpaired) electrons. The van der Waals surface area contributed by atoms with Crippen molar-refractivity contribution in [1.82, 2.24) is 15.0 Å². The van der Waals surface area contributed by atoms with Crippen LogP contribution in [-0.2, 0) is 10.0 Å². The lowest BCUT2D eigenvalue weighted by molar-refractivity contribution is 0.0956. The van der Waals surface area contributed by atoms with Crippen LogP contribution in [0.3, 0.4) is 0 Å². The molecule has 0 spiro atoms. The highest BCUT2D eigenvalue weighted by atomic mass is 35.5. The van der Waals surface area contributed by atoms with Gasteiger partial charge in [0.1, 0.15) is 5.15 Å². The first-order valence-corrected chi connectivity index (χ1v) is 7.77. The number of rotatable bonds is 6. The van der Waals surface area contributed by atoms with Crippen LogP contribution in [0.1, 0.15) is 23.0 Å². The van der Waals surface area contributed by atoms with Crippen molar-refractivity contribution in [2.45, 2.75) is 13.8 Å². The molecule has 0 saturated heterocycles. The van der Waals surface area contributed by atoms with Crippen LogP contribution in [0.15, 0.2) is 12.1 Å². The highest BCUT2D eigenvalue weighted by molar-refractivity contribution is 7.89. The van der Waals surface area contributed by atoms with Gasteiger partial charge in [0.15, 0.2) is 0 Å². The molecule has 106 valence electrons. The maximum atomic E-state index is 11.8. The van der Waals surface area contributed by atoms with E-state index in [0.29, 0.717) is 17.8 Å². The number of carbonyl (C=O) groups excluding carboxylic acids is 1. The Kier molecular flexibility index (Phi) is 5.71. The average molecular weight is 306 g/mol. The van der Waals surface area contributed by atoms with E-state index in [2.05, 4.69) is 15.0 Å². The molecule has 0 unspecified atom stereocenters. The number of hydrogen-bond acceptors (Lipinski definition) is 4. The molecule has 0 saturated carbocycles. The summed E-state index contributed by atoms with van der Waals surface area (Å²) in [6.45, 7) is 3.78. The number of hydrogen-bond donors (Lipinski definition) is 2. The minimum atomic E-state index is -3.33. The number of amides is 1. The lowest BCUT2D eigenvalue weighted by Gasteiger charge is -2.07. The third-order valence-electron chi connectivity index (χ3n) is 2.20. The molecule has 19 heavy (non-hydrogen) atoms. The zero-order chi connectivity index (χ0) is 14.5. The van der Waals surface area contributed by atoms with E-state index in [4.69, 9.17) is 11.6 Å². The average Bonchev–Trinajstić information content (AvgIpc) is 2.27. The van der Waals surface area contributed by atoms with Crippen molar-refractivity contribution in [2.24, 2.45) is 0 Å². The third-order valence-corrected chi connectivity index (χ3v) is 3.87. The van der Waals surface area contributed by atoms with Crippen LogP contribution in [-0.4, -0.2) is 38.2 Å². The van der Waals surface area contributed by atoms with Crippen molar-refractivity contribution in [1.29, 1.82) is 0 Å². The van der Waals surface area contributed by atoms with Gasteiger partial charge in [-0.25, -0.2) is 18.1 Å². The van der Waals surface area contributed by atoms with Crippen molar-refractivity contribution in [2.75, 3.05) is 18.8 Å². The van der Waals surface area contributed by atoms with Crippen molar-refractivity contribution in [3.63, 3.8) is 0 Å². The fourth-order valence-corrected chi connectivity index (χ4v) is 2.66. The maximum absolute atomic E-state index is 11.8. The van der Waals surface area contributed by atoms with Crippen LogP contribution in [0, 0.1) is 6.92 Å². The monoisotopic (exact) mass is 305 g/mol. The molecule has 0 aromatic carbocycles. The van der Waals surface area contributed by atoms with E-state index in [-0.39, 0.29) is 23.4 Å². The number of sulfonamides is 1. The Morgan fingerprint density at radius 2 is 2.11 bits per heavy atom. The SMILES string of the molecule is CCNS(=O)(=O)CCNC(=O)c1cc(C)nc(Cl)c1. The highest BCUT2D eigenvalue weighted by Gasteiger charge is 2.11. The highest BCUT2D eigenvalue weighted by Crippen LogP contribution is 2.10. The van der Waals surface area contributed by atoms with Gasteiger partial charge in [-0.3, -0.25) is 4.79 Å². The summed E-state index contributed by atoms with van der Waals surface area (Å²) in [6.07, 6.45) is 0. The number of nitrogens with zero attached hydrogens (tertiary/aromatic N) is 1. The van der Waals surface area contributed by atoms with Crippen LogP contribution in [0.2, 0.25) is 5.15 Å². The summed E-state index contributed by atoms with van der Waals surface area (Å²) >= 11 is 5.75. The molecule has 1 amide bonds. The Balaban J connectivity index is 2.57. The Labute approximate surface area is 117 Å². The Morgan fingerprint density at radius 1 is 1.42 bits per heavy atom. The second-order valence-electron chi connectivity index (χ2n) is 3.89. The standard InChI is InChI=1S/C11H16ClN3O3S/c1-3-14-19(17,18)5-4-13-11(16)9-6-8(2)15-10(12)7-9/h6-7,14H,3-5H2,1-2H3,(H,13,16). The number of carbonyl (C=O) groups is 1. The Morgan fingerprint density at radius 3 is 2.68 bits per heavy atom. The number of pyridine rings is 1. The van der Waals surface area contributed by atoms with Crippen LogP contribution in [0.5, 0.6) is 0 Å². The third kappa shape index (κ3) is 5.54. The van der Waals surface area contributed by atoms with Crippen LogP contribution in [0.25, 0.3) is 0 Å². The number of aromatic nitrogens is 1. The molecule has 0 bridgehead atoms. The van der Waals surface area contributed by atoms with Crippen molar-refractivity contribution in [3.05, 3.63) is 28.5 Å². The summed E-state index contributed by atoms with van der Waals surface area (Å²) in [7, 11) is -3.33. The van der Waals surface area contributed by atoms with E-state index in [1.54, 1.807) is 19.9 Å². The van der Waals surface area contributed by atoms with E-state index < -0.39 is 10.0 Å². The van der Waals surface area contributed by atoms with Crippen LogP contribution >= 0.6 is 11.6 Å². The molecule has 1 heterocycles. The van der Waals surface area contributed by atoms with E-state index in [1.807, 2.05) is 0 Å². The van der Waals surface area contributed by atoms with Gasteiger partial charge in [0.05, 0.1) is 5.75 Å². The fourth-order valence-electron chi connectivity index (χ4n) is 1.45. The van der Waals surface area contributed by atoms with Crippen LogP contribution in [0.4, 0.5) is 0 Å². The largest absolute Gasteiger partial charge is 0.351 e. The zero-order valence-corrected chi connectivity index (χ0v) is 12.3. The van der Waals surface area contributed by atoms with Crippen molar-refractivity contribution in [3.8, 4) is 0 Å². The summed E-state index contributed by atoms with van der Waals surface area (Å²) in [4.78, 5) is 15.7. The molecule has 0 atom stereocenters. The van der Waals surface area contributed by atoms with Crippen molar-refractivity contribution < 1.29 is 13.2 Å². The molecule has 2 N–H and O–H groups in total. The van der Waals surface area contributed by atoms with Crippen molar-refractivity contribution >= 4 is 27.5 Å².